The molecule has 28 heavy (non-hydrogen) atoms. The normalized spacial score (nSPS) is 15.3. The van der Waals surface area contributed by atoms with Crippen molar-refractivity contribution in [2.45, 2.75) is 24.7 Å². The molecule has 0 aromatic heterocycles. The van der Waals surface area contributed by atoms with Crippen LogP contribution in [0.2, 0.25) is 0 Å². The molecule has 1 saturated heterocycles. The van der Waals surface area contributed by atoms with Gasteiger partial charge in [-0.3, -0.25) is 9.10 Å². The third kappa shape index (κ3) is 4.47. The highest BCUT2D eigenvalue weighted by molar-refractivity contribution is 7.92. The molecule has 6 nitrogen and oxygen atoms in total. The Hall–Kier alpha value is -2.54. The number of ether oxygens (including phenoxy) is 1. The lowest BCUT2D eigenvalue weighted by molar-refractivity contribution is -0.130. The number of nitrogens with zero attached hydrogens (tertiary/aromatic N) is 2. The first-order chi connectivity index (χ1) is 13.4. The van der Waals surface area contributed by atoms with Gasteiger partial charge in [0.15, 0.2) is 0 Å². The van der Waals surface area contributed by atoms with Gasteiger partial charge in [-0.25, -0.2) is 8.42 Å². The minimum Gasteiger partial charge on any atom is -0.497 e. The van der Waals surface area contributed by atoms with Gasteiger partial charge in [0.1, 0.15) is 12.3 Å². The van der Waals surface area contributed by atoms with Crippen LogP contribution in [-0.2, 0) is 14.8 Å². The van der Waals surface area contributed by atoms with Crippen molar-refractivity contribution >= 4 is 21.6 Å². The molecule has 1 aliphatic rings. The number of hydrogen-bond donors (Lipinski definition) is 0. The number of carbonyl (C=O) groups excluding carboxylic acids is 1. The van der Waals surface area contributed by atoms with E-state index in [4.69, 9.17) is 4.74 Å². The summed E-state index contributed by atoms with van der Waals surface area (Å²) in [7, 11) is -2.37. The number of likely N-dealkylation sites (tertiary alicyclic amines) is 1. The number of sulfonamides is 1. The van der Waals surface area contributed by atoms with Gasteiger partial charge in [0, 0.05) is 13.1 Å². The standard InChI is InChI=1S/C21H26N2O4S/c1-17-12-14-22(15-13-17)21(24)16-23(18-6-4-3-5-7-18)28(25,26)20-10-8-19(27-2)9-11-20/h3-11,17H,12-16H2,1-2H3. The highest BCUT2D eigenvalue weighted by atomic mass is 32.2. The first-order valence-corrected chi connectivity index (χ1v) is 10.9. The van der Waals surface area contributed by atoms with Crippen LogP contribution in [0.15, 0.2) is 59.5 Å². The fraction of sp³-hybridized carbons (Fsp3) is 0.381. The number of para-hydroxylation sites is 1. The summed E-state index contributed by atoms with van der Waals surface area (Å²) >= 11 is 0. The van der Waals surface area contributed by atoms with E-state index in [-0.39, 0.29) is 17.3 Å². The third-order valence-corrected chi connectivity index (χ3v) is 6.89. The second kappa shape index (κ2) is 8.65. The summed E-state index contributed by atoms with van der Waals surface area (Å²) in [6, 6.07) is 14.9. The zero-order valence-electron chi connectivity index (χ0n) is 16.2. The van der Waals surface area contributed by atoms with E-state index in [1.54, 1.807) is 41.3 Å². The number of piperidine rings is 1. The molecule has 1 amide bonds. The lowest BCUT2D eigenvalue weighted by Gasteiger charge is -2.32. The third-order valence-electron chi connectivity index (χ3n) is 5.11. The number of methoxy groups -OCH3 is 1. The highest BCUT2D eigenvalue weighted by Gasteiger charge is 2.30. The maximum Gasteiger partial charge on any atom is 0.264 e. The summed E-state index contributed by atoms with van der Waals surface area (Å²) < 4.78 is 32.9. The van der Waals surface area contributed by atoms with Gasteiger partial charge in [-0.1, -0.05) is 25.1 Å². The van der Waals surface area contributed by atoms with Crippen molar-refractivity contribution in [1.29, 1.82) is 0 Å². The quantitative estimate of drug-likeness (QED) is 0.744. The number of amides is 1. The summed E-state index contributed by atoms with van der Waals surface area (Å²) in [5.41, 5.74) is 0.469. The molecule has 1 heterocycles. The van der Waals surface area contributed by atoms with Crippen LogP contribution in [0, 0.1) is 5.92 Å². The molecule has 2 aromatic rings. The monoisotopic (exact) mass is 402 g/mol. The van der Waals surface area contributed by atoms with E-state index >= 15 is 0 Å². The second-order valence-electron chi connectivity index (χ2n) is 7.09. The van der Waals surface area contributed by atoms with Gasteiger partial charge in [-0.15, -0.1) is 0 Å². The van der Waals surface area contributed by atoms with Crippen molar-refractivity contribution in [2.24, 2.45) is 5.92 Å². The molecule has 0 saturated carbocycles. The molecule has 0 unspecified atom stereocenters. The van der Waals surface area contributed by atoms with E-state index in [1.165, 1.54) is 23.5 Å². The van der Waals surface area contributed by atoms with E-state index in [0.29, 0.717) is 30.4 Å². The van der Waals surface area contributed by atoms with E-state index in [1.807, 2.05) is 6.07 Å². The maximum atomic E-state index is 13.3. The van der Waals surface area contributed by atoms with Gasteiger partial charge >= 0.3 is 0 Å². The van der Waals surface area contributed by atoms with Crippen molar-refractivity contribution in [1.82, 2.24) is 4.90 Å². The number of rotatable bonds is 6. The summed E-state index contributed by atoms with van der Waals surface area (Å²) in [5.74, 6) is 0.994. The van der Waals surface area contributed by atoms with Gasteiger partial charge in [-0.05, 0) is 55.2 Å². The molecule has 0 aliphatic carbocycles. The molecule has 2 aromatic carbocycles. The van der Waals surface area contributed by atoms with E-state index < -0.39 is 10.0 Å². The Morgan fingerprint density at radius 1 is 1.07 bits per heavy atom. The molecule has 0 N–H and O–H groups in total. The minimum atomic E-state index is -3.89. The smallest absolute Gasteiger partial charge is 0.264 e. The molecule has 7 heteroatoms. The summed E-state index contributed by atoms with van der Waals surface area (Å²) in [5, 5.41) is 0. The second-order valence-corrected chi connectivity index (χ2v) is 8.95. The van der Waals surface area contributed by atoms with Gasteiger partial charge in [0.2, 0.25) is 5.91 Å². The minimum absolute atomic E-state index is 0.122. The topological polar surface area (TPSA) is 66.9 Å². The predicted octanol–water partition coefficient (Wildman–Crippen LogP) is 3.15. The fourth-order valence-electron chi connectivity index (χ4n) is 3.27. The van der Waals surface area contributed by atoms with Gasteiger partial charge in [0.25, 0.3) is 10.0 Å². The molecule has 1 fully saturated rings. The van der Waals surface area contributed by atoms with Crippen LogP contribution in [0.4, 0.5) is 5.69 Å². The molecule has 0 atom stereocenters. The van der Waals surface area contributed by atoms with Crippen LogP contribution in [0.5, 0.6) is 5.75 Å². The van der Waals surface area contributed by atoms with Crippen LogP contribution >= 0.6 is 0 Å². The van der Waals surface area contributed by atoms with Crippen molar-refractivity contribution in [2.75, 3.05) is 31.0 Å². The Balaban J connectivity index is 1.89. The van der Waals surface area contributed by atoms with Crippen LogP contribution in [0.1, 0.15) is 19.8 Å². The number of benzene rings is 2. The van der Waals surface area contributed by atoms with Gasteiger partial charge < -0.3 is 9.64 Å². The first kappa shape index (κ1) is 20.2. The fourth-order valence-corrected chi connectivity index (χ4v) is 4.68. The van der Waals surface area contributed by atoms with Crippen LogP contribution in [0.25, 0.3) is 0 Å². The van der Waals surface area contributed by atoms with Crippen LogP contribution < -0.4 is 9.04 Å². The van der Waals surface area contributed by atoms with Gasteiger partial charge in [0.05, 0.1) is 17.7 Å². The molecule has 150 valence electrons. The Labute approximate surface area is 166 Å². The Morgan fingerprint density at radius 2 is 1.68 bits per heavy atom. The average Bonchev–Trinajstić information content (AvgIpc) is 2.73. The maximum absolute atomic E-state index is 13.3. The van der Waals surface area contributed by atoms with Crippen molar-refractivity contribution in [3.05, 3.63) is 54.6 Å². The van der Waals surface area contributed by atoms with Crippen molar-refractivity contribution < 1.29 is 17.9 Å². The number of hydrogen-bond acceptors (Lipinski definition) is 4. The SMILES string of the molecule is COc1ccc(S(=O)(=O)N(CC(=O)N2CCC(C)CC2)c2ccccc2)cc1. The number of carbonyl (C=O) groups is 1. The average molecular weight is 403 g/mol. The summed E-state index contributed by atoms with van der Waals surface area (Å²) in [6.07, 6.45) is 1.89. The molecule has 1 aliphatic heterocycles. The van der Waals surface area contributed by atoms with E-state index in [0.717, 1.165) is 12.8 Å². The first-order valence-electron chi connectivity index (χ1n) is 9.41. The Kier molecular flexibility index (Phi) is 6.24. The van der Waals surface area contributed by atoms with Crippen molar-refractivity contribution in [3.63, 3.8) is 0 Å². The van der Waals surface area contributed by atoms with Crippen LogP contribution in [-0.4, -0.2) is 46.0 Å². The van der Waals surface area contributed by atoms with E-state index in [9.17, 15) is 13.2 Å². The largest absolute Gasteiger partial charge is 0.497 e. The van der Waals surface area contributed by atoms with Crippen molar-refractivity contribution in [3.8, 4) is 5.75 Å². The molecular weight excluding hydrogens is 376 g/mol. The Morgan fingerprint density at radius 3 is 2.25 bits per heavy atom. The highest BCUT2D eigenvalue weighted by Crippen LogP contribution is 2.25. The summed E-state index contributed by atoms with van der Waals surface area (Å²) in [4.78, 5) is 14.8. The van der Waals surface area contributed by atoms with Gasteiger partial charge in [-0.2, -0.15) is 0 Å². The number of anilines is 1. The molecule has 0 radical (unpaired) electrons. The lowest BCUT2D eigenvalue weighted by atomic mass is 9.99. The summed E-state index contributed by atoms with van der Waals surface area (Å²) in [6.45, 7) is 3.30. The van der Waals surface area contributed by atoms with E-state index in [2.05, 4.69) is 6.92 Å². The molecule has 0 spiro atoms. The molecule has 0 bridgehead atoms. The zero-order chi connectivity index (χ0) is 20.1. The van der Waals surface area contributed by atoms with Crippen LogP contribution in [0.3, 0.4) is 0 Å². The molecule has 3 rings (SSSR count). The Bertz CT molecular complexity index is 890. The molecular formula is C21H26N2O4S. The lowest BCUT2D eigenvalue weighted by Crippen LogP contribution is -2.45. The predicted molar refractivity (Wildman–Crippen MR) is 109 cm³/mol. The zero-order valence-corrected chi connectivity index (χ0v) is 17.1.